The van der Waals surface area contributed by atoms with E-state index < -0.39 is 6.23 Å². The number of rotatable bonds is 3. The molecule has 1 aliphatic heterocycles. The van der Waals surface area contributed by atoms with Gasteiger partial charge in [-0.25, -0.2) is 0 Å². The molecule has 1 unspecified atom stereocenters. The van der Waals surface area contributed by atoms with Crippen molar-refractivity contribution in [3.8, 4) is 0 Å². The third kappa shape index (κ3) is 2.96. The smallest absolute Gasteiger partial charge is 0.129 e. The van der Waals surface area contributed by atoms with Crippen LogP contribution in [0.4, 0.5) is 0 Å². The van der Waals surface area contributed by atoms with Gasteiger partial charge in [-0.1, -0.05) is 36.9 Å². The maximum Gasteiger partial charge on any atom is 0.129 e. The van der Waals surface area contributed by atoms with Crippen molar-refractivity contribution in [1.82, 2.24) is 10.2 Å². The van der Waals surface area contributed by atoms with Crippen molar-refractivity contribution in [2.24, 2.45) is 0 Å². The molecule has 90 valence electrons. The highest BCUT2D eigenvalue weighted by atomic mass is 16.3. The van der Waals surface area contributed by atoms with Crippen LogP contribution in [0, 0.1) is 0 Å². The Balaban J connectivity index is 2.03. The Morgan fingerprint density at radius 2 is 2.18 bits per heavy atom. The average Bonchev–Trinajstić information content (AvgIpc) is 2.35. The largest absolute Gasteiger partial charge is 0.375 e. The quantitative estimate of drug-likeness (QED) is 0.832. The van der Waals surface area contributed by atoms with Crippen molar-refractivity contribution in [2.75, 3.05) is 6.67 Å². The minimum Gasteiger partial charge on any atom is -0.375 e. The van der Waals surface area contributed by atoms with Gasteiger partial charge in [0.1, 0.15) is 6.23 Å². The van der Waals surface area contributed by atoms with Gasteiger partial charge < -0.3 is 10.0 Å². The molecule has 2 rings (SSSR count). The molecule has 0 radical (unpaired) electrons. The number of aliphatic hydroxyl groups is 1. The third-order valence-corrected chi connectivity index (χ3v) is 2.91. The lowest BCUT2D eigenvalue weighted by Gasteiger charge is -2.29. The first-order chi connectivity index (χ1) is 8.19. The van der Waals surface area contributed by atoms with Crippen LogP contribution in [0.15, 0.2) is 42.6 Å². The van der Waals surface area contributed by atoms with E-state index in [1.807, 2.05) is 19.2 Å². The maximum atomic E-state index is 9.51. The summed E-state index contributed by atoms with van der Waals surface area (Å²) in [4.78, 5) is 2.14. The van der Waals surface area contributed by atoms with E-state index in [2.05, 4.69) is 41.1 Å². The fourth-order valence-corrected chi connectivity index (χ4v) is 1.86. The molecule has 1 heterocycles. The zero-order valence-corrected chi connectivity index (χ0v) is 10.1. The van der Waals surface area contributed by atoms with Crippen LogP contribution < -0.4 is 5.32 Å². The fourth-order valence-electron chi connectivity index (χ4n) is 1.86. The molecule has 0 aliphatic carbocycles. The SMILES string of the molecule is C=Cc1ccc(CN2C=C(C)C(O)NC2)cc1. The van der Waals surface area contributed by atoms with Crippen LogP contribution in [0.2, 0.25) is 0 Å². The predicted octanol–water partition coefficient (Wildman–Crippen LogP) is 1.91. The van der Waals surface area contributed by atoms with Crippen molar-refractivity contribution in [3.63, 3.8) is 0 Å². The highest BCUT2D eigenvalue weighted by molar-refractivity contribution is 5.47. The monoisotopic (exact) mass is 230 g/mol. The first-order valence-corrected chi connectivity index (χ1v) is 5.74. The normalized spacial score (nSPS) is 20.0. The summed E-state index contributed by atoms with van der Waals surface area (Å²) in [6, 6.07) is 8.33. The minimum atomic E-state index is -0.505. The van der Waals surface area contributed by atoms with Crippen LogP contribution in [0.1, 0.15) is 18.1 Å². The Kier molecular flexibility index (Phi) is 3.61. The van der Waals surface area contributed by atoms with Gasteiger partial charge >= 0.3 is 0 Å². The van der Waals surface area contributed by atoms with E-state index in [1.165, 1.54) is 5.56 Å². The zero-order chi connectivity index (χ0) is 12.3. The molecule has 3 nitrogen and oxygen atoms in total. The lowest BCUT2D eigenvalue weighted by atomic mass is 10.1. The molecule has 1 aliphatic rings. The summed E-state index contributed by atoms with van der Waals surface area (Å²) in [5.41, 5.74) is 3.32. The second-order valence-electron chi connectivity index (χ2n) is 4.33. The van der Waals surface area contributed by atoms with E-state index in [4.69, 9.17) is 0 Å². The first-order valence-electron chi connectivity index (χ1n) is 5.74. The molecule has 0 saturated heterocycles. The molecule has 3 heteroatoms. The number of hydrogen-bond donors (Lipinski definition) is 2. The highest BCUT2D eigenvalue weighted by Gasteiger charge is 2.14. The molecule has 0 saturated carbocycles. The number of nitrogens with zero attached hydrogens (tertiary/aromatic N) is 1. The van der Waals surface area contributed by atoms with Gasteiger partial charge in [0.2, 0.25) is 0 Å². The number of aliphatic hydroxyl groups excluding tert-OH is 1. The van der Waals surface area contributed by atoms with Crippen LogP contribution in [0.3, 0.4) is 0 Å². The predicted molar refractivity (Wildman–Crippen MR) is 69.8 cm³/mol. The number of benzene rings is 1. The lowest BCUT2D eigenvalue weighted by Crippen LogP contribution is -2.42. The van der Waals surface area contributed by atoms with Gasteiger partial charge in [0.15, 0.2) is 0 Å². The van der Waals surface area contributed by atoms with Crippen LogP contribution >= 0.6 is 0 Å². The third-order valence-electron chi connectivity index (χ3n) is 2.91. The second-order valence-corrected chi connectivity index (χ2v) is 4.33. The summed E-state index contributed by atoms with van der Waals surface area (Å²) in [6.07, 6.45) is 3.34. The summed E-state index contributed by atoms with van der Waals surface area (Å²) in [5.74, 6) is 0. The average molecular weight is 230 g/mol. The van der Waals surface area contributed by atoms with E-state index in [0.29, 0.717) is 6.67 Å². The number of hydrogen-bond acceptors (Lipinski definition) is 3. The van der Waals surface area contributed by atoms with E-state index in [-0.39, 0.29) is 0 Å². The van der Waals surface area contributed by atoms with Gasteiger partial charge in [-0.3, -0.25) is 5.32 Å². The standard InChI is InChI=1S/C14H18N2O/c1-3-12-4-6-13(7-5-12)9-16-8-11(2)14(17)15-10-16/h3-8,14-15,17H,1,9-10H2,2H3. The molecule has 0 aromatic heterocycles. The molecular weight excluding hydrogens is 212 g/mol. The fraction of sp³-hybridized carbons (Fsp3) is 0.286. The Labute approximate surface area is 102 Å². The van der Waals surface area contributed by atoms with Gasteiger partial charge in [-0.05, 0) is 23.6 Å². The molecule has 1 aromatic rings. The van der Waals surface area contributed by atoms with Crippen LogP contribution in [0.5, 0.6) is 0 Å². The van der Waals surface area contributed by atoms with Crippen molar-refractivity contribution >= 4 is 6.08 Å². The van der Waals surface area contributed by atoms with Gasteiger partial charge in [0.25, 0.3) is 0 Å². The molecule has 1 atom stereocenters. The topological polar surface area (TPSA) is 35.5 Å². The van der Waals surface area contributed by atoms with Crippen LogP contribution in [0.25, 0.3) is 6.08 Å². The molecule has 17 heavy (non-hydrogen) atoms. The summed E-state index contributed by atoms with van der Waals surface area (Å²) >= 11 is 0. The highest BCUT2D eigenvalue weighted by Crippen LogP contribution is 2.12. The molecule has 0 spiro atoms. The van der Waals surface area contributed by atoms with E-state index in [1.54, 1.807) is 0 Å². The van der Waals surface area contributed by atoms with Gasteiger partial charge in [-0.2, -0.15) is 0 Å². The molecule has 1 aromatic carbocycles. The van der Waals surface area contributed by atoms with E-state index >= 15 is 0 Å². The molecule has 0 bridgehead atoms. The van der Waals surface area contributed by atoms with Crippen LogP contribution in [-0.4, -0.2) is 22.9 Å². The second kappa shape index (κ2) is 5.17. The van der Waals surface area contributed by atoms with Crippen molar-refractivity contribution in [3.05, 3.63) is 53.7 Å². The van der Waals surface area contributed by atoms with Crippen LogP contribution in [-0.2, 0) is 6.54 Å². The van der Waals surface area contributed by atoms with E-state index in [9.17, 15) is 5.11 Å². The Hall–Kier alpha value is -1.58. The van der Waals surface area contributed by atoms with Crippen molar-refractivity contribution < 1.29 is 5.11 Å². The minimum absolute atomic E-state index is 0.505. The summed E-state index contributed by atoms with van der Waals surface area (Å²) in [7, 11) is 0. The van der Waals surface area contributed by atoms with Crippen molar-refractivity contribution in [2.45, 2.75) is 19.7 Å². The molecule has 0 fully saturated rings. The number of nitrogens with one attached hydrogen (secondary N) is 1. The summed E-state index contributed by atoms with van der Waals surface area (Å²) in [6.45, 7) is 7.17. The molecule has 2 N–H and O–H groups in total. The maximum absolute atomic E-state index is 9.51. The Bertz CT molecular complexity index is 422. The first kappa shape index (κ1) is 11.9. The molecule has 0 amide bonds. The molecular formula is C14H18N2O. The van der Waals surface area contributed by atoms with Gasteiger partial charge in [0, 0.05) is 12.7 Å². The summed E-state index contributed by atoms with van der Waals surface area (Å²) < 4.78 is 0. The van der Waals surface area contributed by atoms with Gasteiger partial charge in [0.05, 0.1) is 6.67 Å². The summed E-state index contributed by atoms with van der Waals surface area (Å²) in [5, 5.41) is 12.5. The van der Waals surface area contributed by atoms with Gasteiger partial charge in [-0.15, -0.1) is 0 Å². The zero-order valence-electron chi connectivity index (χ0n) is 10.1. The van der Waals surface area contributed by atoms with E-state index in [0.717, 1.165) is 17.7 Å². The van der Waals surface area contributed by atoms with Crippen molar-refractivity contribution in [1.29, 1.82) is 0 Å². The Morgan fingerprint density at radius 3 is 2.76 bits per heavy atom. The Morgan fingerprint density at radius 1 is 1.47 bits per heavy atom. The lowest BCUT2D eigenvalue weighted by molar-refractivity contribution is 0.129.